The van der Waals surface area contributed by atoms with Gasteiger partial charge in [0.2, 0.25) is 11.4 Å². The number of carbonyl (C=O) groups is 2. The second kappa shape index (κ2) is 7.80. The molecule has 1 aliphatic rings. The van der Waals surface area contributed by atoms with Crippen molar-refractivity contribution in [2.45, 2.75) is 24.0 Å². The lowest BCUT2D eigenvalue weighted by Gasteiger charge is -2.13. The van der Waals surface area contributed by atoms with Gasteiger partial charge in [-0.25, -0.2) is 15.0 Å². The number of aryl methyl sites for hydroxylation is 1. The molecule has 0 spiro atoms. The van der Waals surface area contributed by atoms with Crippen molar-refractivity contribution in [3.05, 3.63) is 35.7 Å². The Balaban J connectivity index is 1.69. The molecule has 2 aromatic heterocycles. The molecule has 9 heteroatoms. The number of benzene rings is 1. The highest BCUT2D eigenvalue weighted by Gasteiger charge is 2.42. The molecule has 0 aliphatic carbocycles. The van der Waals surface area contributed by atoms with Crippen LogP contribution in [0.2, 0.25) is 0 Å². The lowest BCUT2D eigenvalue weighted by atomic mass is 10.0. The van der Waals surface area contributed by atoms with E-state index in [1.54, 1.807) is 19.2 Å². The minimum Gasteiger partial charge on any atom is -0.369 e. The summed E-state index contributed by atoms with van der Waals surface area (Å²) in [7, 11) is 1.60. The summed E-state index contributed by atoms with van der Waals surface area (Å²) < 4.78 is 0. The fraction of sp³-hybridized carbons (Fsp3) is 0.286. The van der Waals surface area contributed by atoms with E-state index in [9.17, 15) is 14.7 Å². The van der Waals surface area contributed by atoms with Crippen LogP contribution in [0.15, 0.2) is 29.6 Å². The summed E-state index contributed by atoms with van der Waals surface area (Å²) in [4.78, 5) is 40.1. The average molecular weight is 439 g/mol. The Labute approximate surface area is 181 Å². The molecule has 152 valence electrons. The van der Waals surface area contributed by atoms with Crippen LogP contribution in [0.3, 0.4) is 0 Å². The minimum atomic E-state index is -1.79. The first kappa shape index (κ1) is 20.5. The van der Waals surface area contributed by atoms with Gasteiger partial charge in [0.05, 0.1) is 0 Å². The van der Waals surface area contributed by atoms with E-state index in [-0.39, 0.29) is 6.42 Å². The van der Waals surface area contributed by atoms with E-state index in [0.29, 0.717) is 12.1 Å². The molecule has 3 heterocycles. The first-order valence-electron chi connectivity index (χ1n) is 9.14. The van der Waals surface area contributed by atoms with Crippen molar-refractivity contribution in [2.24, 2.45) is 0 Å². The maximum Gasteiger partial charge on any atom is 0.267 e. The Morgan fingerprint density at radius 3 is 2.87 bits per heavy atom. The predicted octanol–water partition coefficient (Wildman–Crippen LogP) is 2.56. The highest BCUT2D eigenvalue weighted by Crippen LogP contribution is 2.34. The average Bonchev–Trinajstić information content (AvgIpc) is 3.29. The van der Waals surface area contributed by atoms with Gasteiger partial charge in [-0.1, -0.05) is 23.5 Å². The minimum absolute atomic E-state index is 0.187. The van der Waals surface area contributed by atoms with Gasteiger partial charge >= 0.3 is 0 Å². The van der Waals surface area contributed by atoms with E-state index in [0.717, 1.165) is 31.5 Å². The molecular formula is C21H18N4O3S2. The summed E-state index contributed by atoms with van der Waals surface area (Å²) in [5, 5.41) is 11.9. The summed E-state index contributed by atoms with van der Waals surface area (Å²) in [6.07, 6.45) is 3.64. The van der Waals surface area contributed by atoms with Gasteiger partial charge in [0.15, 0.2) is 0 Å². The maximum atomic E-state index is 12.6. The summed E-state index contributed by atoms with van der Waals surface area (Å²) in [5.41, 5.74) is 1.10. The fourth-order valence-corrected chi connectivity index (χ4v) is 4.74. The number of hydrogen-bond donors (Lipinski definition) is 1. The van der Waals surface area contributed by atoms with Crippen molar-refractivity contribution < 1.29 is 14.7 Å². The SMILES string of the molecule is CSc1ncnc2sc(-c3cc(C(=O)C#CC4(O)CCN(C)C4=O)ccc3C)nc12. The number of aromatic nitrogens is 3. The third-order valence-electron chi connectivity index (χ3n) is 4.98. The fourth-order valence-electron chi connectivity index (χ4n) is 3.19. The molecule has 1 atom stereocenters. The molecule has 3 aromatic rings. The van der Waals surface area contributed by atoms with Crippen molar-refractivity contribution in [3.63, 3.8) is 0 Å². The number of hydrogen-bond acceptors (Lipinski definition) is 8. The van der Waals surface area contributed by atoms with E-state index >= 15 is 0 Å². The summed E-state index contributed by atoms with van der Waals surface area (Å²) in [6.45, 7) is 2.35. The number of thiazole rings is 1. The van der Waals surface area contributed by atoms with Crippen LogP contribution in [0.1, 0.15) is 22.3 Å². The molecule has 1 amide bonds. The van der Waals surface area contributed by atoms with Crippen LogP contribution < -0.4 is 0 Å². The Morgan fingerprint density at radius 2 is 2.17 bits per heavy atom. The molecule has 30 heavy (non-hydrogen) atoms. The Hall–Kier alpha value is -2.80. The standard InChI is InChI=1S/C21H18N4O3S2/c1-12-4-5-13(15(26)6-7-21(28)8-9-25(2)20(21)27)10-14(12)17-24-16-18(29-3)22-11-23-19(16)30-17/h4-5,10-11,28H,8-9H2,1-3H3. The number of likely N-dealkylation sites (N-methyl/N-ethyl adjacent to an activating group) is 1. The number of Topliss-reactive ketones (excluding diaryl/α,β-unsaturated/α-hetero) is 1. The largest absolute Gasteiger partial charge is 0.369 e. The van der Waals surface area contributed by atoms with Crippen LogP contribution in [0.4, 0.5) is 0 Å². The van der Waals surface area contributed by atoms with Gasteiger partial charge in [-0.15, -0.1) is 11.8 Å². The lowest BCUT2D eigenvalue weighted by molar-refractivity contribution is -0.137. The van der Waals surface area contributed by atoms with Crippen LogP contribution in [0.25, 0.3) is 20.9 Å². The Morgan fingerprint density at radius 1 is 1.37 bits per heavy atom. The molecule has 0 bridgehead atoms. The number of thioether (sulfide) groups is 1. The normalized spacial score (nSPS) is 18.5. The van der Waals surface area contributed by atoms with Crippen molar-refractivity contribution >= 4 is 45.1 Å². The van der Waals surface area contributed by atoms with E-state index in [4.69, 9.17) is 0 Å². The first-order chi connectivity index (χ1) is 14.3. The Kier molecular flexibility index (Phi) is 5.32. The quantitative estimate of drug-likeness (QED) is 0.221. The van der Waals surface area contributed by atoms with Gasteiger partial charge in [0.1, 0.15) is 26.7 Å². The third kappa shape index (κ3) is 3.58. The molecule has 1 aromatic carbocycles. The zero-order valence-corrected chi connectivity index (χ0v) is 18.2. The van der Waals surface area contributed by atoms with Gasteiger partial charge in [-0.3, -0.25) is 9.59 Å². The monoisotopic (exact) mass is 438 g/mol. The smallest absolute Gasteiger partial charge is 0.267 e. The maximum absolute atomic E-state index is 12.6. The molecule has 1 saturated heterocycles. The predicted molar refractivity (Wildman–Crippen MR) is 116 cm³/mol. The van der Waals surface area contributed by atoms with Gasteiger partial charge in [0.25, 0.3) is 5.91 Å². The molecule has 0 saturated carbocycles. The van der Waals surface area contributed by atoms with Gasteiger partial charge in [0, 0.05) is 31.1 Å². The molecule has 1 aliphatic heterocycles. The summed E-state index contributed by atoms with van der Waals surface area (Å²) in [5.74, 6) is 3.98. The zero-order valence-electron chi connectivity index (χ0n) is 16.6. The van der Waals surface area contributed by atoms with Crippen LogP contribution in [-0.2, 0) is 4.79 Å². The number of amides is 1. The third-order valence-corrected chi connectivity index (χ3v) is 6.66. The summed E-state index contributed by atoms with van der Waals surface area (Å²) >= 11 is 2.94. The first-order valence-corrected chi connectivity index (χ1v) is 11.2. The molecular weight excluding hydrogens is 420 g/mol. The topological polar surface area (TPSA) is 96.3 Å². The van der Waals surface area contributed by atoms with Gasteiger partial charge < -0.3 is 10.0 Å². The van der Waals surface area contributed by atoms with Crippen molar-refractivity contribution in [1.82, 2.24) is 19.9 Å². The number of likely N-dealkylation sites (tertiary alicyclic amines) is 1. The van der Waals surface area contributed by atoms with E-state index < -0.39 is 17.3 Å². The van der Waals surface area contributed by atoms with Gasteiger partial charge in [-0.2, -0.15) is 0 Å². The molecule has 1 unspecified atom stereocenters. The number of nitrogens with zero attached hydrogens (tertiary/aromatic N) is 4. The molecule has 0 radical (unpaired) electrons. The second-order valence-electron chi connectivity index (χ2n) is 7.00. The molecule has 7 nitrogen and oxygen atoms in total. The molecule has 1 fully saturated rings. The van der Waals surface area contributed by atoms with E-state index in [1.807, 2.05) is 19.2 Å². The number of fused-ring (bicyclic) bond motifs is 1. The van der Waals surface area contributed by atoms with Crippen LogP contribution >= 0.6 is 23.1 Å². The van der Waals surface area contributed by atoms with Crippen LogP contribution in [0.5, 0.6) is 0 Å². The van der Waals surface area contributed by atoms with Crippen molar-refractivity contribution in [2.75, 3.05) is 19.8 Å². The van der Waals surface area contributed by atoms with E-state index in [2.05, 4.69) is 26.8 Å². The molecule has 1 N–H and O–H groups in total. The number of rotatable bonds is 3. The summed E-state index contributed by atoms with van der Waals surface area (Å²) in [6, 6.07) is 5.26. The zero-order chi connectivity index (χ0) is 21.5. The number of aliphatic hydroxyl groups is 1. The highest BCUT2D eigenvalue weighted by atomic mass is 32.2. The number of carbonyl (C=O) groups excluding carboxylic acids is 2. The van der Waals surface area contributed by atoms with Gasteiger partial charge in [-0.05, 0) is 36.7 Å². The lowest BCUT2D eigenvalue weighted by Crippen LogP contribution is -2.37. The second-order valence-corrected chi connectivity index (χ2v) is 8.77. The van der Waals surface area contributed by atoms with E-state index in [1.165, 1.54) is 34.3 Å². The van der Waals surface area contributed by atoms with Crippen LogP contribution in [-0.4, -0.2) is 62.1 Å². The number of ketones is 1. The molecule has 4 rings (SSSR count). The highest BCUT2D eigenvalue weighted by molar-refractivity contribution is 7.98. The van der Waals surface area contributed by atoms with Crippen molar-refractivity contribution in [1.29, 1.82) is 0 Å². The van der Waals surface area contributed by atoms with Crippen LogP contribution in [0, 0.1) is 18.8 Å². The Bertz CT molecular complexity index is 1240. The van der Waals surface area contributed by atoms with Crippen molar-refractivity contribution in [3.8, 4) is 22.4 Å².